The van der Waals surface area contributed by atoms with Gasteiger partial charge in [0.05, 0.1) is 11.7 Å². The van der Waals surface area contributed by atoms with Gasteiger partial charge in [0.1, 0.15) is 11.6 Å². The van der Waals surface area contributed by atoms with Crippen molar-refractivity contribution in [2.24, 2.45) is 5.41 Å². The van der Waals surface area contributed by atoms with Gasteiger partial charge in [-0.25, -0.2) is 8.78 Å². The molecule has 0 radical (unpaired) electrons. The van der Waals surface area contributed by atoms with E-state index in [0.29, 0.717) is 19.0 Å². The van der Waals surface area contributed by atoms with Crippen LogP contribution in [0.3, 0.4) is 0 Å². The van der Waals surface area contributed by atoms with E-state index in [1.54, 1.807) is 6.92 Å². The number of benzene rings is 1. The number of hydrogen-bond acceptors (Lipinski definition) is 2. The molecule has 1 atom stereocenters. The van der Waals surface area contributed by atoms with E-state index in [9.17, 15) is 18.7 Å². The Bertz CT molecular complexity index is 459. The Morgan fingerprint density at radius 1 is 1.42 bits per heavy atom. The molecular formula is C14H19F2NO2. The van der Waals surface area contributed by atoms with Gasteiger partial charge < -0.3 is 10.4 Å². The van der Waals surface area contributed by atoms with Crippen LogP contribution < -0.4 is 5.32 Å². The highest BCUT2D eigenvalue weighted by molar-refractivity contribution is 5.94. The Kier molecular flexibility index (Phi) is 5.00. The van der Waals surface area contributed by atoms with Gasteiger partial charge in [0.25, 0.3) is 5.91 Å². The lowest BCUT2D eigenvalue weighted by Gasteiger charge is -2.26. The Morgan fingerprint density at radius 2 is 2.05 bits per heavy atom. The normalized spacial score (nSPS) is 13.2. The quantitative estimate of drug-likeness (QED) is 0.864. The van der Waals surface area contributed by atoms with Gasteiger partial charge in [0.15, 0.2) is 0 Å². The van der Waals surface area contributed by atoms with Crippen molar-refractivity contribution in [1.82, 2.24) is 5.32 Å². The van der Waals surface area contributed by atoms with Crippen LogP contribution in [0.25, 0.3) is 0 Å². The molecule has 1 unspecified atom stereocenters. The second-order valence-electron chi connectivity index (χ2n) is 5.52. The van der Waals surface area contributed by atoms with Gasteiger partial charge in [0.2, 0.25) is 0 Å². The Balaban J connectivity index is 2.65. The fourth-order valence-corrected chi connectivity index (χ4v) is 1.96. The maximum absolute atomic E-state index is 13.4. The molecule has 0 spiro atoms. The van der Waals surface area contributed by atoms with E-state index in [4.69, 9.17) is 0 Å². The molecule has 0 bridgehead atoms. The zero-order chi connectivity index (χ0) is 14.6. The Labute approximate surface area is 111 Å². The molecule has 0 aliphatic rings. The van der Waals surface area contributed by atoms with Gasteiger partial charge in [-0.1, -0.05) is 13.8 Å². The second-order valence-corrected chi connectivity index (χ2v) is 5.52. The van der Waals surface area contributed by atoms with E-state index in [1.165, 1.54) is 0 Å². The fourth-order valence-electron chi connectivity index (χ4n) is 1.96. The predicted molar refractivity (Wildman–Crippen MR) is 68.8 cm³/mol. The largest absolute Gasteiger partial charge is 0.393 e. The van der Waals surface area contributed by atoms with Gasteiger partial charge in [-0.05, 0) is 30.9 Å². The first-order chi connectivity index (χ1) is 8.71. The van der Waals surface area contributed by atoms with Gasteiger partial charge >= 0.3 is 0 Å². The van der Waals surface area contributed by atoms with Gasteiger partial charge in [-0.15, -0.1) is 0 Å². The van der Waals surface area contributed by atoms with Crippen LogP contribution in [0.2, 0.25) is 0 Å². The summed E-state index contributed by atoms with van der Waals surface area (Å²) in [7, 11) is 0. The third kappa shape index (κ3) is 4.95. The molecule has 1 rings (SSSR count). The smallest absolute Gasteiger partial charge is 0.254 e. The lowest BCUT2D eigenvalue weighted by molar-refractivity contribution is 0.0898. The molecule has 19 heavy (non-hydrogen) atoms. The number of rotatable bonds is 5. The van der Waals surface area contributed by atoms with Crippen molar-refractivity contribution in [1.29, 1.82) is 0 Å². The Hall–Kier alpha value is -1.49. The van der Waals surface area contributed by atoms with Crippen LogP contribution in [0.15, 0.2) is 18.2 Å². The van der Waals surface area contributed by atoms with Crippen LogP contribution >= 0.6 is 0 Å². The van der Waals surface area contributed by atoms with Crippen LogP contribution in [0.4, 0.5) is 8.78 Å². The number of hydrogen-bond donors (Lipinski definition) is 2. The third-order valence-electron chi connectivity index (χ3n) is 2.75. The molecule has 0 heterocycles. The molecule has 1 aromatic rings. The van der Waals surface area contributed by atoms with Crippen molar-refractivity contribution in [3.05, 3.63) is 35.4 Å². The average Bonchev–Trinajstić information content (AvgIpc) is 2.24. The van der Waals surface area contributed by atoms with Crippen molar-refractivity contribution in [2.75, 3.05) is 6.54 Å². The summed E-state index contributed by atoms with van der Waals surface area (Å²) >= 11 is 0. The minimum absolute atomic E-state index is 0.186. The van der Waals surface area contributed by atoms with E-state index in [0.717, 1.165) is 12.1 Å². The maximum atomic E-state index is 13.4. The highest BCUT2D eigenvalue weighted by Gasteiger charge is 2.22. The van der Waals surface area contributed by atoms with Crippen molar-refractivity contribution >= 4 is 5.91 Å². The van der Waals surface area contributed by atoms with E-state index in [2.05, 4.69) is 5.32 Å². The average molecular weight is 271 g/mol. The zero-order valence-corrected chi connectivity index (χ0v) is 11.3. The lowest BCUT2D eigenvalue weighted by Crippen LogP contribution is -2.36. The van der Waals surface area contributed by atoms with Crippen LogP contribution in [-0.2, 0) is 0 Å². The summed E-state index contributed by atoms with van der Waals surface area (Å²) in [6.07, 6.45) is 0.0357. The second kappa shape index (κ2) is 6.10. The predicted octanol–water partition coefficient (Wildman–Crippen LogP) is 2.49. The van der Waals surface area contributed by atoms with Crippen LogP contribution in [0.1, 0.15) is 37.6 Å². The third-order valence-corrected chi connectivity index (χ3v) is 2.75. The topological polar surface area (TPSA) is 49.3 Å². The highest BCUT2D eigenvalue weighted by atomic mass is 19.1. The van der Waals surface area contributed by atoms with Crippen molar-refractivity contribution in [3.8, 4) is 0 Å². The fraction of sp³-hybridized carbons (Fsp3) is 0.500. The highest BCUT2D eigenvalue weighted by Crippen LogP contribution is 2.21. The molecule has 106 valence electrons. The molecule has 0 aliphatic carbocycles. The zero-order valence-electron chi connectivity index (χ0n) is 11.3. The molecule has 0 saturated heterocycles. The Morgan fingerprint density at radius 3 is 2.58 bits per heavy atom. The molecule has 1 amide bonds. The monoisotopic (exact) mass is 271 g/mol. The number of aliphatic hydroxyl groups excluding tert-OH is 1. The SMILES string of the molecule is CC(O)CC(C)(C)CNC(=O)c1ccc(F)cc1F. The molecule has 0 aromatic heterocycles. The molecule has 1 aromatic carbocycles. The van der Waals surface area contributed by atoms with Crippen LogP contribution in [0.5, 0.6) is 0 Å². The summed E-state index contributed by atoms with van der Waals surface area (Å²) < 4.78 is 26.1. The van der Waals surface area contributed by atoms with E-state index in [1.807, 2.05) is 13.8 Å². The summed E-state index contributed by atoms with van der Waals surface area (Å²) in [6.45, 7) is 5.75. The van der Waals surface area contributed by atoms with Gasteiger partial charge in [-0.3, -0.25) is 4.79 Å². The first kappa shape index (κ1) is 15.6. The van der Waals surface area contributed by atoms with Gasteiger partial charge in [-0.2, -0.15) is 0 Å². The molecule has 0 aliphatic heterocycles. The van der Waals surface area contributed by atoms with Crippen molar-refractivity contribution in [2.45, 2.75) is 33.3 Å². The lowest BCUT2D eigenvalue weighted by atomic mass is 9.87. The van der Waals surface area contributed by atoms with Crippen molar-refractivity contribution < 1.29 is 18.7 Å². The minimum Gasteiger partial charge on any atom is -0.393 e. The number of aliphatic hydroxyl groups is 1. The standard InChI is InChI=1S/C14H19F2NO2/c1-9(18)7-14(2,3)8-17-13(19)11-5-4-10(15)6-12(11)16/h4-6,9,18H,7-8H2,1-3H3,(H,17,19). The molecule has 5 heteroatoms. The summed E-state index contributed by atoms with van der Waals surface area (Å²) in [5.41, 5.74) is -0.491. The molecule has 0 saturated carbocycles. The van der Waals surface area contributed by atoms with E-state index >= 15 is 0 Å². The van der Waals surface area contributed by atoms with Crippen LogP contribution in [-0.4, -0.2) is 23.7 Å². The van der Waals surface area contributed by atoms with Gasteiger partial charge in [0, 0.05) is 12.6 Å². The first-order valence-corrected chi connectivity index (χ1v) is 6.12. The number of halogens is 2. The van der Waals surface area contributed by atoms with E-state index in [-0.39, 0.29) is 11.0 Å². The number of carbonyl (C=O) groups is 1. The molecular weight excluding hydrogens is 252 g/mol. The summed E-state index contributed by atoms with van der Waals surface area (Å²) in [5.74, 6) is -2.19. The van der Waals surface area contributed by atoms with Crippen LogP contribution in [0, 0.1) is 17.0 Å². The summed E-state index contributed by atoms with van der Waals surface area (Å²) in [6, 6.07) is 2.83. The van der Waals surface area contributed by atoms with Crippen molar-refractivity contribution in [3.63, 3.8) is 0 Å². The number of amides is 1. The number of nitrogens with one attached hydrogen (secondary N) is 1. The summed E-state index contributed by atoms with van der Waals surface area (Å²) in [4.78, 5) is 11.8. The molecule has 2 N–H and O–H groups in total. The van der Waals surface area contributed by atoms with E-state index < -0.39 is 23.6 Å². The number of carbonyl (C=O) groups excluding carboxylic acids is 1. The first-order valence-electron chi connectivity index (χ1n) is 6.12. The summed E-state index contributed by atoms with van der Waals surface area (Å²) in [5, 5.41) is 11.9. The molecule has 3 nitrogen and oxygen atoms in total. The minimum atomic E-state index is -0.883. The molecule has 0 fully saturated rings. The maximum Gasteiger partial charge on any atom is 0.254 e.